The number of hydrogen-bond acceptors (Lipinski definition) is 2. The first-order valence-electron chi connectivity index (χ1n) is 5.84. The first kappa shape index (κ1) is 12.1. The molecule has 0 saturated carbocycles. The number of aliphatic hydroxyl groups excluding tert-OH is 1. The smallest absolute Gasteiger partial charge is 0.0616 e. The van der Waals surface area contributed by atoms with Crippen LogP contribution < -0.4 is 5.32 Å². The molecular weight excluding hydrogens is 266 g/mol. The van der Waals surface area contributed by atoms with E-state index < -0.39 is 0 Å². The fourth-order valence-corrected chi connectivity index (χ4v) is 2.63. The third-order valence-corrected chi connectivity index (χ3v) is 3.87. The van der Waals surface area contributed by atoms with Crippen LogP contribution in [-0.2, 0) is 6.42 Å². The molecule has 2 N–H and O–H groups in total. The minimum absolute atomic E-state index is 0.0912. The topological polar surface area (TPSA) is 32.3 Å². The molecule has 1 aromatic carbocycles. The molecule has 3 heteroatoms. The van der Waals surface area contributed by atoms with Crippen LogP contribution in [0.25, 0.3) is 0 Å². The third kappa shape index (κ3) is 2.84. The van der Waals surface area contributed by atoms with Gasteiger partial charge in [0, 0.05) is 10.0 Å². The molecule has 2 nitrogen and oxygen atoms in total. The number of hydrogen-bond donors (Lipinski definition) is 2. The highest BCUT2D eigenvalue weighted by Gasteiger charge is 2.30. The van der Waals surface area contributed by atoms with Gasteiger partial charge in [-0.25, -0.2) is 0 Å². The molecule has 0 aliphatic carbocycles. The summed E-state index contributed by atoms with van der Waals surface area (Å²) in [6.07, 6.45) is 4.42. The standard InChI is InChI=1S/C13H18BrNO/c14-12-5-3-11(4-6-12)9-13(10-16)7-1-2-8-15-13/h3-6,15-16H,1-2,7-10H2. The van der Waals surface area contributed by atoms with Gasteiger partial charge in [0.25, 0.3) is 0 Å². The number of piperidine rings is 1. The third-order valence-electron chi connectivity index (χ3n) is 3.34. The van der Waals surface area contributed by atoms with Crippen LogP contribution in [0.1, 0.15) is 24.8 Å². The first-order chi connectivity index (χ1) is 7.74. The molecule has 1 aliphatic heterocycles. The van der Waals surface area contributed by atoms with E-state index in [4.69, 9.17) is 0 Å². The normalized spacial score (nSPS) is 25.6. The largest absolute Gasteiger partial charge is 0.394 e. The van der Waals surface area contributed by atoms with Crippen LogP contribution in [0.15, 0.2) is 28.7 Å². The van der Waals surface area contributed by atoms with Crippen molar-refractivity contribution in [2.75, 3.05) is 13.2 Å². The summed E-state index contributed by atoms with van der Waals surface area (Å²) in [5.41, 5.74) is 1.19. The average molecular weight is 284 g/mol. The zero-order valence-corrected chi connectivity index (χ0v) is 11.0. The molecule has 1 fully saturated rings. The second kappa shape index (κ2) is 5.30. The van der Waals surface area contributed by atoms with E-state index in [1.54, 1.807) is 0 Å². The Hall–Kier alpha value is -0.380. The molecule has 1 aliphatic rings. The van der Waals surface area contributed by atoms with Crippen LogP contribution in [0, 0.1) is 0 Å². The van der Waals surface area contributed by atoms with Crippen molar-refractivity contribution in [2.24, 2.45) is 0 Å². The zero-order chi connectivity index (χ0) is 11.4. The molecule has 2 rings (SSSR count). The van der Waals surface area contributed by atoms with E-state index in [1.807, 2.05) is 0 Å². The lowest BCUT2D eigenvalue weighted by Gasteiger charge is -2.37. The monoisotopic (exact) mass is 283 g/mol. The van der Waals surface area contributed by atoms with Crippen molar-refractivity contribution in [1.29, 1.82) is 0 Å². The predicted octanol–water partition coefficient (Wildman–Crippen LogP) is 2.50. The summed E-state index contributed by atoms with van der Waals surface area (Å²) in [5.74, 6) is 0. The van der Waals surface area contributed by atoms with Crippen LogP contribution in [0.2, 0.25) is 0 Å². The Morgan fingerprint density at radius 3 is 2.56 bits per heavy atom. The van der Waals surface area contributed by atoms with Gasteiger partial charge in [-0.1, -0.05) is 34.5 Å². The Balaban J connectivity index is 2.08. The maximum Gasteiger partial charge on any atom is 0.0616 e. The van der Waals surface area contributed by atoms with Crippen LogP contribution in [0.5, 0.6) is 0 Å². The maximum atomic E-state index is 9.59. The number of aliphatic hydroxyl groups is 1. The molecule has 1 aromatic rings. The fraction of sp³-hybridized carbons (Fsp3) is 0.538. The molecule has 1 unspecified atom stereocenters. The Morgan fingerprint density at radius 1 is 1.25 bits per heavy atom. The van der Waals surface area contributed by atoms with Crippen molar-refractivity contribution in [3.8, 4) is 0 Å². The molecule has 16 heavy (non-hydrogen) atoms. The molecule has 0 bridgehead atoms. The highest BCUT2D eigenvalue weighted by atomic mass is 79.9. The number of halogens is 1. The van der Waals surface area contributed by atoms with E-state index in [1.165, 1.54) is 18.4 Å². The van der Waals surface area contributed by atoms with Crippen molar-refractivity contribution in [1.82, 2.24) is 5.32 Å². The van der Waals surface area contributed by atoms with Crippen LogP contribution in [0.3, 0.4) is 0 Å². The van der Waals surface area contributed by atoms with Gasteiger partial charge in [-0.2, -0.15) is 0 Å². The van der Waals surface area contributed by atoms with E-state index in [0.717, 1.165) is 23.9 Å². The Labute approximate surface area is 105 Å². The van der Waals surface area contributed by atoms with E-state index in [0.29, 0.717) is 0 Å². The van der Waals surface area contributed by atoms with Gasteiger partial charge in [-0.15, -0.1) is 0 Å². The first-order valence-corrected chi connectivity index (χ1v) is 6.64. The lowest BCUT2D eigenvalue weighted by molar-refractivity contribution is 0.131. The van der Waals surface area contributed by atoms with Crippen LogP contribution >= 0.6 is 15.9 Å². The van der Waals surface area contributed by atoms with E-state index >= 15 is 0 Å². The summed E-state index contributed by atoms with van der Waals surface area (Å²) >= 11 is 3.44. The van der Waals surface area contributed by atoms with Crippen molar-refractivity contribution in [3.05, 3.63) is 34.3 Å². The van der Waals surface area contributed by atoms with Gasteiger partial charge in [0.05, 0.1) is 6.61 Å². The van der Waals surface area contributed by atoms with Crippen molar-refractivity contribution < 1.29 is 5.11 Å². The second-order valence-electron chi connectivity index (χ2n) is 4.63. The lowest BCUT2D eigenvalue weighted by atomic mass is 9.84. The summed E-state index contributed by atoms with van der Waals surface area (Å²) in [5, 5.41) is 13.1. The maximum absolute atomic E-state index is 9.59. The molecule has 0 radical (unpaired) electrons. The highest BCUT2D eigenvalue weighted by Crippen LogP contribution is 2.24. The molecule has 1 saturated heterocycles. The highest BCUT2D eigenvalue weighted by molar-refractivity contribution is 9.10. The molecule has 1 heterocycles. The van der Waals surface area contributed by atoms with Crippen molar-refractivity contribution >= 4 is 15.9 Å². The molecule has 0 amide bonds. The second-order valence-corrected chi connectivity index (χ2v) is 5.54. The van der Waals surface area contributed by atoms with Crippen LogP contribution in [-0.4, -0.2) is 23.8 Å². The summed E-state index contributed by atoms with van der Waals surface area (Å²) < 4.78 is 1.10. The number of rotatable bonds is 3. The van der Waals surface area contributed by atoms with Gasteiger partial charge in [0.15, 0.2) is 0 Å². The van der Waals surface area contributed by atoms with E-state index in [2.05, 4.69) is 45.5 Å². The summed E-state index contributed by atoms with van der Waals surface area (Å²) in [4.78, 5) is 0. The molecule has 0 spiro atoms. The summed E-state index contributed by atoms with van der Waals surface area (Å²) in [6, 6.07) is 8.36. The molecule has 88 valence electrons. The van der Waals surface area contributed by atoms with Gasteiger partial charge < -0.3 is 10.4 Å². The summed E-state index contributed by atoms with van der Waals surface area (Å²) in [7, 11) is 0. The predicted molar refractivity (Wildman–Crippen MR) is 69.5 cm³/mol. The van der Waals surface area contributed by atoms with Crippen molar-refractivity contribution in [2.45, 2.75) is 31.2 Å². The van der Waals surface area contributed by atoms with Gasteiger partial charge in [-0.05, 0) is 43.5 Å². The SMILES string of the molecule is OCC1(Cc2ccc(Br)cc2)CCCCN1. The Bertz CT molecular complexity index is 330. The van der Waals surface area contributed by atoms with Gasteiger partial charge in [-0.3, -0.25) is 0 Å². The quantitative estimate of drug-likeness (QED) is 0.894. The number of nitrogens with one attached hydrogen (secondary N) is 1. The lowest BCUT2D eigenvalue weighted by Crippen LogP contribution is -2.53. The van der Waals surface area contributed by atoms with E-state index in [9.17, 15) is 5.11 Å². The minimum atomic E-state index is -0.0912. The fourth-order valence-electron chi connectivity index (χ4n) is 2.37. The van der Waals surface area contributed by atoms with E-state index in [-0.39, 0.29) is 12.1 Å². The Kier molecular flexibility index (Phi) is 4.00. The average Bonchev–Trinajstić information content (AvgIpc) is 2.33. The minimum Gasteiger partial charge on any atom is -0.394 e. The molecule has 1 atom stereocenters. The van der Waals surface area contributed by atoms with Gasteiger partial charge in [0.2, 0.25) is 0 Å². The van der Waals surface area contributed by atoms with Crippen molar-refractivity contribution in [3.63, 3.8) is 0 Å². The summed E-state index contributed by atoms with van der Waals surface area (Å²) in [6.45, 7) is 1.25. The number of benzene rings is 1. The van der Waals surface area contributed by atoms with Crippen LogP contribution in [0.4, 0.5) is 0 Å². The molecular formula is C13H18BrNO. The van der Waals surface area contributed by atoms with Gasteiger partial charge >= 0.3 is 0 Å². The zero-order valence-electron chi connectivity index (χ0n) is 9.38. The van der Waals surface area contributed by atoms with Gasteiger partial charge in [0.1, 0.15) is 0 Å². The Morgan fingerprint density at radius 2 is 2.00 bits per heavy atom. The molecule has 0 aromatic heterocycles.